The van der Waals surface area contributed by atoms with Crippen LogP contribution >= 0.6 is 0 Å². The molecule has 7 heteroatoms. The van der Waals surface area contributed by atoms with Crippen LogP contribution in [0.1, 0.15) is 28.8 Å². The molecule has 0 saturated carbocycles. The Hall–Kier alpha value is -2.28. The summed E-state index contributed by atoms with van der Waals surface area (Å²) in [4.78, 5) is 34.6. The first-order valence-electron chi connectivity index (χ1n) is 6.22. The largest absolute Gasteiger partial charge is 0.477 e. The molecule has 1 aliphatic heterocycles. The Bertz CT molecular complexity index is 560. The van der Waals surface area contributed by atoms with Gasteiger partial charge in [-0.2, -0.15) is 0 Å². The van der Waals surface area contributed by atoms with E-state index in [1.54, 1.807) is 6.07 Å². The fraction of sp³-hybridized carbons (Fsp3) is 0.385. The SMILES string of the molecule is O=C1CCN(Cc2cccc([N+](=O)[O-])c2C(=O)O)CC1. The standard InChI is InChI=1S/C13H14N2O5/c16-10-4-6-14(7-5-10)8-9-2-1-3-11(15(19)20)12(9)13(17)18/h1-3H,4-8H2,(H,17,18). The summed E-state index contributed by atoms with van der Waals surface area (Å²) in [7, 11) is 0. The first-order chi connectivity index (χ1) is 9.49. The highest BCUT2D eigenvalue weighted by Gasteiger charge is 2.25. The Morgan fingerprint density at radius 1 is 1.35 bits per heavy atom. The number of Topliss-reactive ketones (excluding diaryl/α,β-unsaturated/α-hetero) is 1. The molecule has 0 unspecified atom stereocenters. The van der Waals surface area contributed by atoms with Crippen molar-refractivity contribution in [3.8, 4) is 0 Å². The van der Waals surface area contributed by atoms with Crippen LogP contribution in [0.2, 0.25) is 0 Å². The molecular formula is C13H14N2O5. The van der Waals surface area contributed by atoms with Gasteiger partial charge in [-0.15, -0.1) is 0 Å². The number of nitro groups is 1. The van der Waals surface area contributed by atoms with E-state index in [0.717, 1.165) is 0 Å². The molecule has 0 bridgehead atoms. The molecule has 1 N–H and O–H groups in total. The molecule has 0 radical (unpaired) electrons. The van der Waals surface area contributed by atoms with Gasteiger partial charge in [0.2, 0.25) is 0 Å². The van der Waals surface area contributed by atoms with Crippen LogP contribution in [0, 0.1) is 10.1 Å². The first-order valence-corrected chi connectivity index (χ1v) is 6.22. The van der Waals surface area contributed by atoms with E-state index in [2.05, 4.69) is 0 Å². The molecule has 1 fully saturated rings. The normalized spacial score (nSPS) is 16.1. The van der Waals surface area contributed by atoms with E-state index in [0.29, 0.717) is 38.0 Å². The van der Waals surface area contributed by atoms with E-state index >= 15 is 0 Å². The van der Waals surface area contributed by atoms with Gasteiger partial charge in [-0.3, -0.25) is 19.8 Å². The van der Waals surface area contributed by atoms with Gasteiger partial charge in [0, 0.05) is 38.5 Å². The van der Waals surface area contributed by atoms with Crippen molar-refractivity contribution in [2.45, 2.75) is 19.4 Å². The van der Waals surface area contributed by atoms with Gasteiger partial charge >= 0.3 is 5.97 Å². The number of carbonyl (C=O) groups is 2. The Labute approximate surface area is 115 Å². The van der Waals surface area contributed by atoms with Gasteiger partial charge in [0.05, 0.1) is 4.92 Å². The van der Waals surface area contributed by atoms with E-state index in [1.165, 1.54) is 12.1 Å². The zero-order chi connectivity index (χ0) is 14.7. The van der Waals surface area contributed by atoms with Crippen molar-refractivity contribution in [2.24, 2.45) is 0 Å². The number of hydrogen-bond donors (Lipinski definition) is 1. The smallest absolute Gasteiger partial charge is 0.343 e. The van der Waals surface area contributed by atoms with Crippen LogP contribution < -0.4 is 0 Å². The number of aromatic carboxylic acids is 1. The maximum atomic E-state index is 11.3. The lowest BCUT2D eigenvalue weighted by Gasteiger charge is -2.26. The Balaban J connectivity index is 2.27. The fourth-order valence-electron chi connectivity index (χ4n) is 2.32. The highest BCUT2D eigenvalue weighted by Crippen LogP contribution is 2.24. The number of carbonyl (C=O) groups excluding carboxylic acids is 1. The number of rotatable bonds is 4. The van der Waals surface area contributed by atoms with Gasteiger partial charge in [-0.25, -0.2) is 4.79 Å². The van der Waals surface area contributed by atoms with Gasteiger partial charge in [-0.1, -0.05) is 12.1 Å². The summed E-state index contributed by atoms with van der Waals surface area (Å²) in [6.07, 6.45) is 0.884. The van der Waals surface area contributed by atoms with Gasteiger partial charge < -0.3 is 5.11 Å². The predicted molar refractivity (Wildman–Crippen MR) is 69.6 cm³/mol. The summed E-state index contributed by atoms with van der Waals surface area (Å²) in [5.41, 5.74) is -0.265. The average Bonchev–Trinajstić information content (AvgIpc) is 2.40. The number of ketones is 1. The van der Waals surface area contributed by atoms with Crippen LogP contribution in [-0.2, 0) is 11.3 Å². The molecule has 2 rings (SSSR count). The van der Waals surface area contributed by atoms with E-state index in [4.69, 9.17) is 0 Å². The molecule has 1 aromatic carbocycles. The second-order valence-electron chi connectivity index (χ2n) is 4.69. The number of hydrogen-bond acceptors (Lipinski definition) is 5. The minimum atomic E-state index is -1.31. The number of carboxylic acid groups (broad SMARTS) is 1. The zero-order valence-electron chi connectivity index (χ0n) is 10.7. The summed E-state index contributed by atoms with van der Waals surface area (Å²) >= 11 is 0. The van der Waals surface area contributed by atoms with Crippen LogP contribution in [0.3, 0.4) is 0 Å². The highest BCUT2D eigenvalue weighted by atomic mass is 16.6. The summed E-state index contributed by atoms with van der Waals surface area (Å²) in [6, 6.07) is 4.24. The van der Waals surface area contributed by atoms with Crippen LogP contribution in [0.5, 0.6) is 0 Å². The van der Waals surface area contributed by atoms with Crippen molar-refractivity contribution in [3.05, 3.63) is 39.4 Å². The summed E-state index contributed by atoms with van der Waals surface area (Å²) < 4.78 is 0. The molecule has 1 heterocycles. The monoisotopic (exact) mass is 278 g/mol. The van der Waals surface area contributed by atoms with Crippen molar-refractivity contribution < 1.29 is 19.6 Å². The molecule has 1 saturated heterocycles. The van der Waals surface area contributed by atoms with E-state index < -0.39 is 16.6 Å². The van der Waals surface area contributed by atoms with Crippen molar-refractivity contribution in [2.75, 3.05) is 13.1 Å². The van der Waals surface area contributed by atoms with Gasteiger partial charge in [0.25, 0.3) is 5.69 Å². The highest BCUT2D eigenvalue weighted by molar-refractivity contribution is 5.94. The molecule has 7 nitrogen and oxygen atoms in total. The van der Waals surface area contributed by atoms with Crippen LogP contribution in [0.4, 0.5) is 5.69 Å². The minimum Gasteiger partial charge on any atom is -0.477 e. The summed E-state index contributed by atoms with van der Waals surface area (Å²) in [6.45, 7) is 1.41. The molecule has 20 heavy (non-hydrogen) atoms. The average molecular weight is 278 g/mol. The van der Waals surface area contributed by atoms with Gasteiger partial charge in [0.15, 0.2) is 0 Å². The second-order valence-corrected chi connectivity index (χ2v) is 4.69. The third-order valence-corrected chi connectivity index (χ3v) is 3.35. The lowest BCUT2D eigenvalue weighted by atomic mass is 10.0. The summed E-state index contributed by atoms with van der Waals surface area (Å²) in [5.74, 6) is -1.11. The maximum absolute atomic E-state index is 11.3. The van der Waals surface area contributed by atoms with E-state index in [9.17, 15) is 24.8 Å². The molecule has 0 aromatic heterocycles. The number of nitrogens with zero attached hydrogens (tertiary/aromatic N) is 2. The van der Waals surface area contributed by atoms with E-state index in [-0.39, 0.29) is 11.3 Å². The molecular weight excluding hydrogens is 264 g/mol. The Morgan fingerprint density at radius 3 is 2.55 bits per heavy atom. The number of piperidine rings is 1. The van der Waals surface area contributed by atoms with Crippen molar-refractivity contribution in [1.29, 1.82) is 0 Å². The summed E-state index contributed by atoms with van der Waals surface area (Å²) in [5, 5.41) is 20.1. The molecule has 0 amide bonds. The second kappa shape index (κ2) is 5.79. The third kappa shape index (κ3) is 3.00. The van der Waals surface area contributed by atoms with Crippen molar-refractivity contribution >= 4 is 17.4 Å². The van der Waals surface area contributed by atoms with Crippen LogP contribution in [-0.4, -0.2) is 39.8 Å². The van der Waals surface area contributed by atoms with Gasteiger partial charge in [0.1, 0.15) is 11.3 Å². The molecule has 0 aliphatic carbocycles. The van der Waals surface area contributed by atoms with Crippen molar-refractivity contribution in [3.63, 3.8) is 0 Å². The van der Waals surface area contributed by atoms with Crippen LogP contribution in [0.15, 0.2) is 18.2 Å². The Kier molecular flexibility index (Phi) is 4.09. The lowest BCUT2D eigenvalue weighted by Crippen LogP contribution is -2.33. The first kappa shape index (κ1) is 14.1. The Morgan fingerprint density at radius 2 is 2.00 bits per heavy atom. The number of nitro benzene ring substituents is 1. The quantitative estimate of drug-likeness (QED) is 0.661. The van der Waals surface area contributed by atoms with Crippen molar-refractivity contribution in [1.82, 2.24) is 4.90 Å². The molecule has 0 spiro atoms. The molecule has 1 aliphatic rings. The molecule has 106 valence electrons. The topological polar surface area (TPSA) is 101 Å². The lowest BCUT2D eigenvalue weighted by molar-refractivity contribution is -0.385. The fourth-order valence-corrected chi connectivity index (χ4v) is 2.32. The van der Waals surface area contributed by atoms with Gasteiger partial charge in [-0.05, 0) is 5.56 Å². The molecule has 1 aromatic rings. The number of likely N-dealkylation sites (tertiary alicyclic amines) is 1. The predicted octanol–water partition coefficient (Wildman–Crippen LogP) is 1.46. The minimum absolute atomic E-state index is 0.193. The zero-order valence-corrected chi connectivity index (χ0v) is 10.7. The number of benzene rings is 1. The molecule has 0 atom stereocenters. The number of carboxylic acids is 1. The van der Waals surface area contributed by atoms with E-state index in [1.807, 2.05) is 4.90 Å². The maximum Gasteiger partial charge on any atom is 0.343 e. The third-order valence-electron chi connectivity index (χ3n) is 3.35. The van der Waals surface area contributed by atoms with Crippen LogP contribution in [0.25, 0.3) is 0 Å².